The first-order chi connectivity index (χ1) is 6.42. The maximum atomic E-state index is 5.92. The number of hydrogen-bond donors (Lipinski definition) is 2. The fourth-order valence-electron chi connectivity index (χ4n) is 1.72. The standard InChI is InChI=1S/C10H18N4/c1-6-8(11)9(14(4)13-6)12-7-5-10(7,2)3/h7,12H,5,11H2,1-4H3. The highest BCUT2D eigenvalue weighted by Crippen LogP contribution is 2.47. The maximum absolute atomic E-state index is 5.92. The zero-order chi connectivity index (χ0) is 10.5. The van der Waals surface area contributed by atoms with Gasteiger partial charge in [0.15, 0.2) is 0 Å². The van der Waals surface area contributed by atoms with Crippen LogP contribution in [0, 0.1) is 12.3 Å². The lowest BCUT2D eigenvalue weighted by atomic mass is 10.2. The Hall–Kier alpha value is -1.19. The van der Waals surface area contributed by atoms with Crippen LogP contribution in [0.4, 0.5) is 11.5 Å². The number of aromatic nitrogens is 2. The van der Waals surface area contributed by atoms with Crippen LogP contribution in [0.5, 0.6) is 0 Å². The van der Waals surface area contributed by atoms with Gasteiger partial charge in [-0.3, -0.25) is 4.68 Å². The minimum absolute atomic E-state index is 0.407. The van der Waals surface area contributed by atoms with Gasteiger partial charge in [-0.1, -0.05) is 13.8 Å². The molecular formula is C10H18N4. The highest BCUT2D eigenvalue weighted by molar-refractivity contribution is 5.65. The van der Waals surface area contributed by atoms with Gasteiger partial charge in [-0.05, 0) is 18.8 Å². The zero-order valence-corrected chi connectivity index (χ0v) is 9.26. The summed E-state index contributed by atoms with van der Waals surface area (Å²) in [6.07, 6.45) is 1.21. The van der Waals surface area contributed by atoms with Crippen LogP contribution in [-0.2, 0) is 7.05 Å². The van der Waals surface area contributed by atoms with Crippen molar-refractivity contribution in [3.8, 4) is 0 Å². The van der Waals surface area contributed by atoms with Crippen LogP contribution in [0.1, 0.15) is 26.0 Å². The lowest BCUT2D eigenvalue weighted by Gasteiger charge is -2.08. The summed E-state index contributed by atoms with van der Waals surface area (Å²) in [5.74, 6) is 0.957. The van der Waals surface area contributed by atoms with Crippen LogP contribution in [0.2, 0.25) is 0 Å². The van der Waals surface area contributed by atoms with Gasteiger partial charge in [0.05, 0.1) is 11.4 Å². The molecule has 0 bridgehead atoms. The molecule has 1 saturated carbocycles. The van der Waals surface area contributed by atoms with E-state index in [0.29, 0.717) is 11.5 Å². The minimum Gasteiger partial charge on any atom is -0.394 e. The van der Waals surface area contributed by atoms with Gasteiger partial charge in [0, 0.05) is 13.1 Å². The summed E-state index contributed by atoms with van der Waals surface area (Å²) in [7, 11) is 1.92. The van der Waals surface area contributed by atoms with Crippen molar-refractivity contribution in [2.75, 3.05) is 11.1 Å². The summed E-state index contributed by atoms with van der Waals surface area (Å²) in [5, 5.41) is 7.71. The Morgan fingerprint density at radius 1 is 1.57 bits per heavy atom. The lowest BCUT2D eigenvalue weighted by Crippen LogP contribution is -2.12. The van der Waals surface area contributed by atoms with E-state index in [9.17, 15) is 0 Å². The van der Waals surface area contributed by atoms with E-state index in [1.54, 1.807) is 0 Å². The number of nitrogens with two attached hydrogens (primary N) is 1. The summed E-state index contributed by atoms with van der Waals surface area (Å²) < 4.78 is 1.82. The van der Waals surface area contributed by atoms with Crippen molar-refractivity contribution in [2.24, 2.45) is 12.5 Å². The van der Waals surface area contributed by atoms with E-state index in [0.717, 1.165) is 17.2 Å². The molecule has 3 N–H and O–H groups in total. The lowest BCUT2D eigenvalue weighted by molar-refractivity contribution is 0.626. The van der Waals surface area contributed by atoms with Gasteiger partial charge in [-0.2, -0.15) is 5.10 Å². The van der Waals surface area contributed by atoms with Crippen LogP contribution in [-0.4, -0.2) is 15.8 Å². The van der Waals surface area contributed by atoms with Crippen LogP contribution >= 0.6 is 0 Å². The molecule has 0 amide bonds. The van der Waals surface area contributed by atoms with Crippen molar-refractivity contribution in [3.63, 3.8) is 0 Å². The van der Waals surface area contributed by atoms with Gasteiger partial charge in [-0.25, -0.2) is 0 Å². The van der Waals surface area contributed by atoms with E-state index in [1.807, 2.05) is 18.7 Å². The van der Waals surface area contributed by atoms with Crippen molar-refractivity contribution < 1.29 is 0 Å². The first kappa shape index (κ1) is 9.37. The molecule has 0 radical (unpaired) electrons. The average Bonchev–Trinajstić information content (AvgIpc) is 2.60. The smallest absolute Gasteiger partial charge is 0.148 e. The Kier molecular flexibility index (Phi) is 1.77. The number of hydrogen-bond acceptors (Lipinski definition) is 3. The first-order valence-electron chi connectivity index (χ1n) is 4.97. The second-order valence-electron chi connectivity index (χ2n) is 4.86. The number of rotatable bonds is 2. The van der Waals surface area contributed by atoms with Gasteiger partial charge >= 0.3 is 0 Å². The van der Waals surface area contributed by atoms with Gasteiger partial charge in [0.2, 0.25) is 0 Å². The summed E-state index contributed by atoms with van der Waals surface area (Å²) >= 11 is 0. The second kappa shape index (κ2) is 2.65. The molecule has 0 aromatic carbocycles. The van der Waals surface area contributed by atoms with E-state index < -0.39 is 0 Å². The van der Waals surface area contributed by atoms with Crippen molar-refractivity contribution in [1.82, 2.24) is 9.78 Å². The Morgan fingerprint density at radius 3 is 2.50 bits per heavy atom. The summed E-state index contributed by atoms with van der Waals surface area (Å²) in [5.41, 5.74) is 8.00. The fourth-order valence-corrected chi connectivity index (χ4v) is 1.72. The molecule has 0 spiro atoms. The van der Waals surface area contributed by atoms with Gasteiger partial charge in [0.1, 0.15) is 5.82 Å². The maximum Gasteiger partial charge on any atom is 0.148 e. The Labute approximate surface area is 84.5 Å². The summed E-state index contributed by atoms with van der Waals surface area (Å²) in [4.78, 5) is 0. The van der Waals surface area contributed by atoms with E-state index in [-0.39, 0.29) is 0 Å². The largest absolute Gasteiger partial charge is 0.394 e. The molecule has 1 aliphatic carbocycles. The Balaban J connectivity index is 2.18. The van der Waals surface area contributed by atoms with Gasteiger partial charge in [0.25, 0.3) is 0 Å². The highest BCUT2D eigenvalue weighted by Gasteiger charge is 2.46. The number of anilines is 2. The third kappa shape index (κ3) is 1.35. The topological polar surface area (TPSA) is 55.9 Å². The molecule has 4 nitrogen and oxygen atoms in total. The SMILES string of the molecule is Cc1nn(C)c(NC2CC2(C)C)c1N. The minimum atomic E-state index is 0.407. The molecule has 1 heterocycles. The van der Waals surface area contributed by atoms with E-state index in [2.05, 4.69) is 24.3 Å². The molecule has 14 heavy (non-hydrogen) atoms. The molecule has 78 valence electrons. The van der Waals surface area contributed by atoms with Crippen molar-refractivity contribution >= 4 is 11.5 Å². The van der Waals surface area contributed by atoms with E-state index >= 15 is 0 Å². The summed E-state index contributed by atoms with van der Waals surface area (Å²) in [6, 6.07) is 0.541. The highest BCUT2D eigenvalue weighted by atomic mass is 15.3. The number of nitrogen functional groups attached to an aromatic ring is 1. The molecule has 0 aliphatic heterocycles. The Bertz CT molecular complexity index is 364. The molecule has 0 saturated heterocycles. The van der Waals surface area contributed by atoms with Crippen LogP contribution in [0.25, 0.3) is 0 Å². The predicted molar refractivity (Wildman–Crippen MR) is 58.2 cm³/mol. The van der Waals surface area contributed by atoms with Crippen LogP contribution in [0.15, 0.2) is 0 Å². The third-order valence-electron chi connectivity index (χ3n) is 3.09. The molecule has 1 fully saturated rings. The number of nitrogens with one attached hydrogen (secondary N) is 1. The summed E-state index contributed by atoms with van der Waals surface area (Å²) in [6.45, 7) is 6.44. The molecule has 4 heteroatoms. The third-order valence-corrected chi connectivity index (χ3v) is 3.09. The predicted octanol–water partition coefficient (Wildman–Crippen LogP) is 1.52. The molecule has 2 rings (SSSR count). The molecular weight excluding hydrogens is 176 g/mol. The van der Waals surface area contributed by atoms with Crippen LogP contribution < -0.4 is 11.1 Å². The molecule has 1 atom stereocenters. The second-order valence-corrected chi connectivity index (χ2v) is 4.86. The quantitative estimate of drug-likeness (QED) is 0.750. The van der Waals surface area contributed by atoms with Gasteiger partial charge < -0.3 is 11.1 Å². The van der Waals surface area contributed by atoms with Crippen molar-refractivity contribution in [3.05, 3.63) is 5.69 Å². The fraction of sp³-hybridized carbons (Fsp3) is 0.700. The van der Waals surface area contributed by atoms with E-state index in [4.69, 9.17) is 5.73 Å². The monoisotopic (exact) mass is 194 g/mol. The first-order valence-corrected chi connectivity index (χ1v) is 4.97. The molecule has 1 aromatic heterocycles. The van der Waals surface area contributed by atoms with Crippen LogP contribution in [0.3, 0.4) is 0 Å². The van der Waals surface area contributed by atoms with Gasteiger partial charge in [-0.15, -0.1) is 0 Å². The van der Waals surface area contributed by atoms with Crippen molar-refractivity contribution in [1.29, 1.82) is 0 Å². The Morgan fingerprint density at radius 2 is 2.14 bits per heavy atom. The number of nitrogens with zero attached hydrogens (tertiary/aromatic N) is 2. The molecule has 1 aliphatic rings. The number of aryl methyl sites for hydroxylation is 2. The molecule has 1 aromatic rings. The zero-order valence-electron chi connectivity index (χ0n) is 9.26. The molecule has 1 unspecified atom stereocenters. The van der Waals surface area contributed by atoms with E-state index in [1.165, 1.54) is 6.42 Å². The van der Waals surface area contributed by atoms with Crippen molar-refractivity contribution in [2.45, 2.75) is 33.2 Å². The average molecular weight is 194 g/mol. The normalized spacial score (nSPS) is 23.6.